The van der Waals surface area contributed by atoms with Crippen molar-refractivity contribution in [1.29, 1.82) is 0 Å². The first-order chi connectivity index (χ1) is 34.0. The van der Waals surface area contributed by atoms with Crippen LogP contribution < -0.4 is 0 Å². The standard InChI is InChI=1S/C60H84N2O6S2/c1-57-21-17-51-45(49(57)15-13-47(57)39-19-29-65-37-39)11-9-41-33-43(69-31-27-61-23-5-6-24-61)35-53(59(41,51)3)67-55(63)56(64)68-54-36-44(70-32-28-62-25-7-8-26-62)34-42-10-12-46-50-16-14-48(40-20-30-66-38-40)58(50,2)22-18-52(46)60(42,54)4/h9-10,19-20,29-30,37-38,43-54H,5-8,11-18,21-28,31-36H2,1-4H3/t43?,44?,45-,46-,47?,48?,49-,50-,51+,52+,53?,54?,57+,58+,59-,60-/m0/s1. The molecule has 10 aliphatic rings. The van der Waals surface area contributed by atoms with Crippen molar-refractivity contribution < 1.29 is 27.9 Å². The third-order valence-corrected chi connectivity index (χ3v) is 25.2. The molecule has 0 bridgehead atoms. The first kappa shape index (κ1) is 48.5. The third-order valence-electron chi connectivity index (χ3n) is 22.7. The second-order valence-corrected chi connectivity index (χ2v) is 28.3. The summed E-state index contributed by atoms with van der Waals surface area (Å²) in [5.74, 6) is 4.87. The molecule has 8 fully saturated rings. The van der Waals surface area contributed by atoms with Crippen molar-refractivity contribution in [2.24, 2.45) is 57.2 Å². The highest BCUT2D eigenvalue weighted by molar-refractivity contribution is 8.00. The smallest absolute Gasteiger partial charge is 0.417 e. The average molecular weight is 993 g/mol. The summed E-state index contributed by atoms with van der Waals surface area (Å²) >= 11 is 4.15. The Bertz CT molecular complexity index is 2090. The SMILES string of the molecule is C[C@]12CC[C@@H]3[C@@H](CC=C4CC(SCCN5CCCC5)CC(OC(=O)C(=O)OC5CC(SCCN6CCCC6)CC6=CC[C@@H]7[C@@H](CC[C@]8(C)C(c9ccoc9)CC[C@@H]78)[C@]65C)[C@@]43C)[C@@H]1CCC2c1ccoc1. The molecular formula is C60H84N2O6S2. The largest absolute Gasteiger partial charge is 0.472 e. The molecule has 10 heteroatoms. The lowest BCUT2D eigenvalue weighted by molar-refractivity contribution is -0.188. The molecule has 4 heterocycles. The summed E-state index contributed by atoms with van der Waals surface area (Å²) in [7, 11) is 0. The number of likely N-dealkylation sites (tertiary alicyclic amines) is 2. The van der Waals surface area contributed by atoms with Crippen molar-refractivity contribution in [2.75, 3.05) is 50.8 Å². The van der Waals surface area contributed by atoms with Gasteiger partial charge in [-0.15, -0.1) is 0 Å². The number of esters is 2. The Kier molecular flexibility index (Phi) is 13.4. The molecule has 2 aliphatic heterocycles. The van der Waals surface area contributed by atoms with E-state index < -0.39 is 11.9 Å². The maximum absolute atomic E-state index is 14.9. The van der Waals surface area contributed by atoms with E-state index in [0.717, 1.165) is 76.0 Å². The van der Waals surface area contributed by atoms with Gasteiger partial charge in [-0.1, -0.05) is 51.0 Å². The predicted octanol–water partition coefficient (Wildman–Crippen LogP) is 13.1. The first-order valence-electron chi connectivity index (χ1n) is 28.5. The van der Waals surface area contributed by atoms with Gasteiger partial charge in [0.05, 0.1) is 25.1 Å². The molecule has 8 nitrogen and oxygen atoms in total. The monoisotopic (exact) mass is 993 g/mol. The lowest BCUT2D eigenvalue weighted by Gasteiger charge is -2.60. The molecule has 8 aliphatic carbocycles. The Hall–Kier alpha value is -2.40. The number of nitrogens with zero attached hydrogens (tertiary/aromatic N) is 2. The maximum Gasteiger partial charge on any atom is 0.417 e. The van der Waals surface area contributed by atoms with Crippen molar-refractivity contribution in [3.63, 3.8) is 0 Å². The molecule has 16 atom stereocenters. The van der Waals surface area contributed by atoms with Gasteiger partial charge in [0.15, 0.2) is 0 Å². The van der Waals surface area contributed by atoms with Crippen LogP contribution in [0.5, 0.6) is 0 Å². The van der Waals surface area contributed by atoms with Crippen molar-refractivity contribution >= 4 is 35.5 Å². The van der Waals surface area contributed by atoms with Gasteiger partial charge in [-0.25, -0.2) is 9.59 Å². The molecule has 2 aromatic heterocycles. The number of furan rings is 2. The van der Waals surface area contributed by atoms with E-state index in [9.17, 15) is 9.59 Å². The molecule has 6 unspecified atom stereocenters. The minimum absolute atomic E-state index is 0.230. The summed E-state index contributed by atoms with van der Waals surface area (Å²) in [6.45, 7) is 17.1. The van der Waals surface area contributed by atoms with Crippen LogP contribution in [0.2, 0.25) is 0 Å². The van der Waals surface area contributed by atoms with Gasteiger partial charge in [0.2, 0.25) is 0 Å². The van der Waals surface area contributed by atoms with Gasteiger partial charge in [0, 0.05) is 45.9 Å². The van der Waals surface area contributed by atoms with Crippen molar-refractivity contribution in [3.8, 4) is 0 Å². The Morgan fingerprint density at radius 1 is 0.600 bits per heavy atom. The van der Waals surface area contributed by atoms with Crippen LogP contribution in [0.1, 0.15) is 166 Å². The number of allylic oxidation sites excluding steroid dienone is 2. The summed E-state index contributed by atoms with van der Waals surface area (Å²) in [5, 5.41) is 0.725. The van der Waals surface area contributed by atoms with E-state index in [1.807, 2.05) is 25.1 Å². The van der Waals surface area contributed by atoms with Gasteiger partial charge in [-0.2, -0.15) is 23.5 Å². The second kappa shape index (κ2) is 19.4. The number of carbonyl (C=O) groups excluding carboxylic acids is 2. The van der Waals surface area contributed by atoms with Gasteiger partial charge in [-0.05, 0) is 223 Å². The quantitative estimate of drug-likeness (QED) is 0.116. The van der Waals surface area contributed by atoms with E-state index in [2.05, 4.69) is 85.3 Å². The highest BCUT2D eigenvalue weighted by Gasteiger charge is 2.64. The molecule has 0 aromatic carbocycles. The van der Waals surface area contributed by atoms with E-state index in [1.165, 1.54) is 113 Å². The molecule has 382 valence electrons. The molecule has 12 rings (SSSR count). The highest BCUT2D eigenvalue weighted by atomic mass is 32.2. The number of rotatable bonds is 12. The van der Waals surface area contributed by atoms with E-state index in [0.29, 0.717) is 57.8 Å². The minimum Gasteiger partial charge on any atom is -0.472 e. The number of fused-ring (bicyclic) bond motifs is 10. The molecule has 70 heavy (non-hydrogen) atoms. The van der Waals surface area contributed by atoms with Crippen LogP contribution in [-0.2, 0) is 19.1 Å². The van der Waals surface area contributed by atoms with Crippen molar-refractivity contribution in [1.82, 2.24) is 9.80 Å². The molecule has 0 spiro atoms. The Balaban J connectivity index is 0.800. The number of ether oxygens (including phenoxy) is 2. The lowest BCUT2D eigenvalue weighted by atomic mass is 9.46. The predicted molar refractivity (Wildman–Crippen MR) is 281 cm³/mol. The summed E-state index contributed by atoms with van der Waals surface area (Å²) in [6.07, 6.45) is 32.8. The topological polar surface area (TPSA) is 85.4 Å². The molecule has 0 radical (unpaired) electrons. The van der Waals surface area contributed by atoms with Crippen LogP contribution >= 0.6 is 23.5 Å². The Morgan fingerprint density at radius 3 is 1.43 bits per heavy atom. The van der Waals surface area contributed by atoms with Gasteiger partial charge in [0.1, 0.15) is 12.2 Å². The summed E-state index contributed by atoms with van der Waals surface area (Å²) in [5.41, 5.74) is 5.56. The highest BCUT2D eigenvalue weighted by Crippen LogP contribution is 2.70. The zero-order chi connectivity index (χ0) is 47.8. The number of thioether (sulfide) groups is 2. The van der Waals surface area contributed by atoms with E-state index >= 15 is 0 Å². The fourth-order valence-corrected chi connectivity index (χ4v) is 21.6. The van der Waals surface area contributed by atoms with Crippen LogP contribution in [0.25, 0.3) is 0 Å². The van der Waals surface area contributed by atoms with Gasteiger partial charge < -0.3 is 28.1 Å². The second-order valence-electron chi connectivity index (χ2n) is 25.5. The zero-order valence-corrected chi connectivity index (χ0v) is 44.7. The molecule has 0 amide bonds. The van der Waals surface area contributed by atoms with E-state index in [-0.39, 0.29) is 33.9 Å². The first-order valence-corrected chi connectivity index (χ1v) is 30.6. The summed E-state index contributed by atoms with van der Waals surface area (Å²) in [4.78, 5) is 35.0. The van der Waals surface area contributed by atoms with Crippen molar-refractivity contribution in [2.45, 2.75) is 178 Å². The molecular weight excluding hydrogens is 909 g/mol. The van der Waals surface area contributed by atoms with Crippen LogP contribution in [0.4, 0.5) is 0 Å². The maximum atomic E-state index is 14.9. The molecule has 0 N–H and O–H groups in total. The van der Waals surface area contributed by atoms with Crippen LogP contribution in [0.15, 0.2) is 69.3 Å². The molecule has 2 aromatic rings. The minimum atomic E-state index is -0.753. The molecule has 6 saturated carbocycles. The summed E-state index contributed by atoms with van der Waals surface area (Å²) < 4.78 is 25.0. The average Bonchev–Trinajstić information content (AvgIpc) is 4.22. The Labute approximate surface area is 428 Å². The number of hydrogen-bond acceptors (Lipinski definition) is 10. The van der Waals surface area contributed by atoms with Crippen LogP contribution in [0, 0.1) is 57.2 Å². The third kappa shape index (κ3) is 8.30. The number of hydrogen-bond donors (Lipinski definition) is 0. The van der Waals surface area contributed by atoms with Crippen LogP contribution in [-0.4, -0.2) is 95.2 Å². The van der Waals surface area contributed by atoms with Crippen molar-refractivity contribution in [3.05, 3.63) is 71.6 Å². The zero-order valence-electron chi connectivity index (χ0n) is 43.1. The lowest BCUT2D eigenvalue weighted by Crippen LogP contribution is -2.57. The fraction of sp³-hybridized carbons (Fsp3) is 0.767. The molecule has 2 saturated heterocycles. The van der Waals surface area contributed by atoms with Gasteiger partial charge in [-0.3, -0.25) is 0 Å². The summed E-state index contributed by atoms with van der Waals surface area (Å²) in [6, 6.07) is 4.40. The van der Waals surface area contributed by atoms with E-state index in [1.54, 1.807) is 0 Å². The normalized spacial score (nSPS) is 43.5. The Morgan fingerprint density at radius 2 is 1.03 bits per heavy atom. The van der Waals surface area contributed by atoms with Gasteiger partial charge >= 0.3 is 11.9 Å². The number of carbonyl (C=O) groups is 2. The van der Waals surface area contributed by atoms with E-state index in [4.69, 9.17) is 18.3 Å². The van der Waals surface area contributed by atoms with Crippen LogP contribution in [0.3, 0.4) is 0 Å². The van der Waals surface area contributed by atoms with Gasteiger partial charge in [0.25, 0.3) is 0 Å². The fourth-order valence-electron chi connectivity index (χ4n) is 19.0.